The molecule has 0 amide bonds. The first kappa shape index (κ1) is 13.3. The van der Waals surface area contributed by atoms with E-state index in [9.17, 15) is 4.79 Å². The van der Waals surface area contributed by atoms with E-state index in [0.717, 1.165) is 24.1 Å². The van der Waals surface area contributed by atoms with Crippen molar-refractivity contribution in [2.75, 3.05) is 11.5 Å². The lowest BCUT2D eigenvalue weighted by Gasteiger charge is -2.33. The fourth-order valence-corrected chi connectivity index (χ4v) is 4.11. The van der Waals surface area contributed by atoms with Gasteiger partial charge in [-0.15, -0.1) is 0 Å². The van der Waals surface area contributed by atoms with E-state index in [1.54, 1.807) is 6.08 Å². The summed E-state index contributed by atoms with van der Waals surface area (Å²) in [6, 6.07) is 8.35. The van der Waals surface area contributed by atoms with Gasteiger partial charge in [0.15, 0.2) is 0 Å². The van der Waals surface area contributed by atoms with Crippen LogP contribution >= 0.6 is 11.8 Å². The van der Waals surface area contributed by atoms with Crippen LogP contribution in [0.2, 0.25) is 0 Å². The molecular formula is C16H17NO2S. The average Bonchev–Trinajstić information content (AvgIpc) is 2.84. The molecule has 2 aliphatic rings. The number of fused-ring (bicyclic) bond motifs is 3. The zero-order chi connectivity index (χ0) is 14.1. The molecule has 0 fully saturated rings. The van der Waals surface area contributed by atoms with Crippen LogP contribution in [0.5, 0.6) is 0 Å². The van der Waals surface area contributed by atoms with Gasteiger partial charge < -0.3 is 9.64 Å². The normalized spacial score (nSPS) is 20.4. The molecule has 3 nitrogen and oxygen atoms in total. The second-order valence-electron chi connectivity index (χ2n) is 4.90. The Bertz CT molecular complexity index is 594. The highest BCUT2D eigenvalue weighted by molar-refractivity contribution is 8.00. The van der Waals surface area contributed by atoms with Crippen molar-refractivity contribution >= 4 is 23.4 Å². The summed E-state index contributed by atoms with van der Waals surface area (Å²) in [5, 5.41) is 0.406. The summed E-state index contributed by atoms with van der Waals surface area (Å²) in [5.74, 6) is -0.213. The van der Waals surface area contributed by atoms with Crippen LogP contribution in [0.3, 0.4) is 0 Å². The van der Waals surface area contributed by atoms with Gasteiger partial charge in [-0.3, -0.25) is 0 Å². The second kappa shape index (κ2) is 5.37. The van der Waals surface area contributed by atoms with E-state index in [1.165, 1.54) is 10.6 Å². The molecule has 0 spiro atoms. The van der Waals surface area contributed by atoms with Crippen molar-refractivity contribution in [1.29, 1.82) is 0 Å². The molecule has 0 bridgehead atoms. The molecule has 0 saturated carbocycles. The highest BCUT2D eigenvalue weighted by atomic mass is 32.2. The lowest BCUT2D eigenvalue weighted by Crippen LogP contribution is -2.34. The molecule has 3 rings (SSSR count). The van der Waals surface area contributed by atoms with E-state index in [4.69, 9.17) is 4.74 Å². The minimum Gasteiger partial charge on any atom is -0.458 e. The van der Waals surface area contributed by atoms with Gasteiger partial charge in [0.1, 0.15) is 6.61 Å². The zero-order valence-corrected chi connectivity index (χ0v) is 12.3. The van der Waals surface area contributed by atoms with Crippen LogP contribution in [0.25, 0.3) is 0 Å². The first-order valence-electron chi connectivity index (χ1n) is 6.75. The summed E-state index contributed by atoms with van der Waals surface area (Å²) in [7, 11) is 0. The Labute approximate surface area is 123 Å². The molecule has 1 aromatic carbocycles. The molecule has 1 atom stereocenters. The number of thioether (sulfide) groups is 1. The van der Waals surface area contributed by atoms with Gasteiger partial charge in [-0.2, -0.15) is 0 Å². The molecule has 2 heterocycles. The lowest BCUT2D eigenvalue weighted by atomic mass is 10.0. The predicted molar refractivity (Wildman–Crippen MR) is 81.7 cm³/mol. The number of carbonyl (C=O) groups excluding carboxylic acids is 1. The quantitative estimate of drug-likeness (QED) is 0.626. The van der Waals surface area contributed by atoms with Gasteiger partial charge in [-0.05, 0) is 31.9 Å². The largest absolute Gasteiger partial charge is 0.458 e. The topological polar surface area (TPSA) is 29.5 Å². The number of allylic oxidation sites excluding steroid dienone is 1. The maximum atomic E-state index is 12.1. The van der Waals surface area contributed by atoms with Crippen molar-refractivity contribution in [2.24, 2.45) is 0 Å². The zero-order valence-electron chi connectivity index (χ0n) is 11.5. The summed E-state index contributed by atoms with van der Waals surface area (Å²) in [4.78, 5) is 15.7. The first-order chi connectivity index (χ1) is 9.72. The maximum Gasteiger partial charge on any atom is 0.336 e. The number of para-hydroxylation sites is 1. The molecule has 0 radical (unpaired) electrons. The molecule has 0 N–H and O–H groups in total. The van der Waals surface area contributed by atoms with Crippen LogP contribution in [0.4, 0.5) is 5.69 Å². The summed E-state index contributed by atoms with van der Waals surface area (Å²) in [5.41, 5.74) is 3.02. The summed E-state index contributed by atoms with van der Waals surface area (Å²) >= 11 is 1.88. The number of hydrogen-bond acceptors (Lipinski definition) is 4. The first-order valence-corrected chi connectivity index (χ1v) is 7.63. The molecule has 0 saturated heterocycles. The summed E-state index contributed by atoms with van der Waals surface area (Å²) in [6.07, 6.45) is 3.35. The molecule has 104 valence electrons. The fraction of sp³-hybridized carbons (Fsp3) is 0.312. The maximum absolute atomic E-state index is 12.1. The van der Waals surface area contributed by atoms with Gasteiger partial charge in [0.05, 0.1) is 16.6 Å². The molecule has 1 aromatic rings. The molecule has 1 unspecified atom stereocenters. The number of rotatable bonds is 3. The van der Waals surface area contributed by atoms with Crippen LogP contribution in [-0.2, 0) is 9.53 Å². The van der Waals surface area contributed by atoms with E-state index >= 15 is 0 Å². The molecule has 0 aromatic heterocycles. The number of esters is 1. The van der Waals surface area contributed by atoms with Crippen LogP contribution < -0.4 is 4.90 Å². The predicted octanol–water partition coefficient (Wildman–Crippen LogP) is 3.72. The summed E-state index contributed by atoms with van der Waals surface area (Å²) in [6.45, 7) is 5.85. The van der Waals surface area contributed by atoms with Crippen molar-refractivity contribution in [3.63, 3.8) is 0 Å². The number of hydrogen-bond donors (Lipinski definition) is 0. The minimum atomic E-state index is -0.213. The second-order valence-corrected chi connectivity index (χ2v) is 6.12. The Balaban J connectivity index is 1.93. The Hall–Kier alpha value is -1.68. The number of benzene rings is 1. The van der Waals surface area contributed by atoms with Gasteiger partial charge in [0.25, 0.3) is 0 Å². The van der Waals surface area contributed by atoms with E-state index in [-0.39, 0.29) is 12.6 Å². The van der Waals surface area contributed by atoms with Gasteiger partial charge in [-0.1, -0.05) is 36.5 Å². The van der Waals surface area contributed by atoms with Crippen LogP contribution in [0.15, 0.2) is 53.1 Å². The molecule has 0 aliphatic carbocycles. The number of anilines is 1. The third-order valence-electron chi connectivity index (χ3n) is 3.69. The number of ether oxygens (including phenoxy) is 1. The number of carbonyl (C=O) groups is 1. The van der Waals surface area contributed by atoms with Gasteiger partial charge >= 0.3 is 5.97 Å². The van der Waals surface area contributed by atoms with Crippen molar-refractivity contribution < 1.29 is 9.53 Å². The monoisotopic (exact) mass is 287 g/mol. The van der Waals surface area contributed by atoms with E-state index in [0.29, 0.717) is 5.37 Å². The van der Waals surface area contributed by atoms with Gasteiger partial charge in [0.2, 0.25) is 0 Å². The Kier molecular flexibility index (Phi) is 3.57. The van der Waals surface area contributed by atoms with E-state index < -0.39 is 0 Å². The SMILES string of the molecule is C=CCOC(=O)C1=C(C)N2c3ccccc3SC2CC1. The van der Waals surface area contributed by atoms with Crippen LogP contribution in [-0.4, -0.2) is 18.0 Å². The Morgan fingerprint density at radius 2 is 2.35 bits per heavy atom. The minimum absolute atomic E-state index is 0.213. The standard InChI is InChI=1S/C16H17NO2S/c1-3-10-19-16(18)12-8-9-15-17(11(12)2)13-6-4-5-7-14(13)20-15/h3-7,15H,1,8-10H2,2H3. The van der Waals surface area contributed by atoms with Crippen LogP contribution in [0.1, 0.15) is 19.8 Å². The third-order valence-corrected chi connectivity index (χ3v) is 5.01. The van der Waals surface area contributed by atoms with Crippen molar-refractivity contribution in [3.05, 3.63) is 48.2 Å². The molecule has 20 heavy (non-hydrogen) atoms. The van der Waals surface area contributed by atoms with Crippen molar-refractivity contribution in [3.8, 4) is 0 Å². The third kappa shape index (κ3) is 2.14. The summed E-state index contributed by atoms with van der Waals surface area (Å²) < 4.78 is 5.19. The Morgan fingerprint density at radius 3 is 3.15 bits per heavy atom. The molecular weight excluding hydrogens is 270 g/mol. The smallest absolute Gasteiger partial charge is 0.336 e. The van der Waals surface area contributed by atoms with E-state index in [1.807, 2.05) is 24.8 Å². The lowest BCUT2D eigenvalue weighted by molar-refractivity contribution is -0.138. The fourth-order valence-electron chi connectivity index (χ4n) is 2.76. The van der Waals surface area contributed by atoms with Crippen molar-refractivity contribution in [2.45, 2.75) is 30.0 Å². The highest BCUT2D eigenvalue weighted by Gasteiger charge is 2.36. The average molecular weight is 287 g/mol. The van der Waals surface area contributed by atoms with Crippen molar-refractivity contribution in [1.82, 2.24) is 0 Å². The van der Waals surface area contributed by atoms with Gasteiger partial charge in [-0.25, -0.2) is 4.79 Å². The van der Waals surface area contributed by atoms with Gasteiger partial charge in [0, 0.05) is 10.6 Å². The highest BCUT2D eigenvalue weighted by Crippen LogP contribution is 2.49. The molecule has 2 aliphatic heterocycles. The Morgan fingerprint density at radius 1 is 1.55 bits per heavy atom. The molecule has 4 heteroatoms. The number of nitrogens with zero attached hydrogens (tertiary/aromatic N) is 1. The van der Waals surface area contributed by atoms with Crippen LogP contribution in [0, 0.1) is 0 Å². The van der Waals surface area contributed by atoms with E-state index in [2.05, 4.69) is 29.7 Å².